The lowest BCUT2D eigenvalue weighted by molar-refractivity contribution is -0.392. The molecule has 4 aromatic rings. The number of nitrogens with one attached hydrogen (secondary N) is 3. The predicted octanol–water partition coefficient (Wildman–Crippen LogP) is 6.45. The molecular formula is C36H38N8O5. The number of aromatic nitrogens is 6. The monoisotopic (exact) mass is 662 g/mol. The molecule has 0 spiro atoms. The van der Waals surface area contributed by atoms with Gasteiger partial charge < -0.3 is 30.5 Å². The number of aliphatic carboxylic acids is 1. The van der Waals surface area contributed by atoms with Crippen LogP contribution in [0.1, 0.15) is 78.4 Å². The summed E-state index contributed by atoms with van der Waals surface area (Å²) in [5.41, 5.74) is 12.3. The zero-order valence-corrected chi connectivity index (χ0v) is 28.1. The van der Waals surface area contributed by atoms with Gasteiger partial charge >= 0.3 is 11.8 Å². The maximum absolute atomic E-state index is 13.0. The summed E-state index contributed by atoms with van der Waals surface area (Å²) in [6, 6.07) is 10.0. The molecule has 8 bridgehead atoms. The number of aromatic amines is 2. The second-order valence-corrected chi connectivity index (χ2v) is 12.5. The number of nitro groups is 1. The highest BCUT2D eigenvalue weighted by atomic mass is 16.6. The topological polar surface area (TPSA) is 185 Å². The van der Waals surface area contributed by atoms with Crippen molar-refractivity contribution >= 4 is 62.6 Å². The minimum absolute atomic E-state index is 0.0363. The zero-order valence-electron chi connectivity index (χ0n) is 28.1. The van der Waals surface area contributed by atoms with Gasteiger partial charge in [0.2, 0.25) is 5.91 Å². The van der Waals surface area contributed by atoms with Gasteiger partial charge in [0.1, 0.15) is 12.7 Å². The van der Waals surface area contributed by atoms with E-state index in [1.165, 1.54) is 10.8 Å². The van der Waals surface area contributed by atoms with E-state index in [0.717, 1.165) is 72.6 Å². The molecule has 49 heavy (non-hydrogen) atoms. The summed E-state index contributed by atoms with van der Waals surface area (Å²) in [7, 11) is 0. The van der Waals surface area contributed by atoms with Crippen molar-refractivity contribution in [3.8, 4) is 0 Å². The summed E-state index contributed by atoms with van der Waals surface area (Å²) in [5.74, 6) is -0.688. The molecular weight excluding hydrogens is 624 g/mol. The van der Waals surface area contributed by atoms with Crippen molar-refractivity contribution in [2.24, 2.45) is 0 Å². The van der Waals surface area contributed by atoms with E-state index in [-0.39, 0.29) is 37.7 Å². The van der Waals surface area contributed by atoms with Crippen LogP contribution in [0.4, 0.5) is 5.82 Å². The number of allylic oxidation sites excluding steroid dienone is 3. The average Bonchev–Trinajstić information content (AvgIpc) is 3.81. The van der Waals surface area contributed by atoms with E-state index >= 15 is 0 Å². The van der Waals surface area contributed by atoms with Gasteiger partial charge in [-0.3, -0.25) is 9.59 Å². The first kappa shape index (κ1) is 33.1. The zero-order chi connectivity index (χ0) is 35.0. The van der Waals surface area contributed by atoms with Gasteiger partial charge in [-0.25, -0.2) is 19.5 Å². The number of nitrogens with zero attached hydrogens (tertiary/aromatic N) is 5. The molecule has 6 heterocycles. The van der Waals surface area contributed by atoms with Crippen molar-refractivity contribution < 1.29 is 19.6 Å². The van der Waals surface area contributed by atoms with Crippen LogP contribution in [0.2, 0.25) is 0 Å². The number of aryl methyl sites for hydroxylation is 4. The van der Waals surface area contributed by atoms with Gasteiger partial charge in [-0.2, -0.15) is 0 Å². The third-order valence-corrected chi connectivity index (χ3v) is 9.15. The molecule has 2 aliphatic rings. The Labute approximate surface area is 282 Å². The van der Waals surface area contributed by atoms with Crippen LogP contribution in [0.15, 0.2) is 36.5 Å². The number of fused-ring (bicyclic) bond motifs is 8. The van der Waals surface area contributed by atoms with E-state index in [4.69, 9.17) is 9.97 Å². The van der Waals surface area contributed by atoms with Crippen molar-refractivity contribution in [2.75, 3.05) is 6.54 Å². The molecule has 0 aromatic carbocycles. The highest BCUT2D eigenvalue weighted by Gasteiger charge is 2.21. The number of hydrogen-bond acceptors (Lipinski definition) is 7. The summed E-state index contributed by atoms with van der Waals surface area (Å²) in [6.07, 6.45) is 4.14. The molecule has 0 saturated carbocycles. The highest BCUT2D eigenvalue weighted by molar-refractivity contribution is 5.94. The fraction of sp³-hybridized carbons (Fsp3) is 0.306. The van der Waals surface area contributed by atoms with E-state index in [0.29, 0.717) is 24.4 Å². The fourth-order valence-corrected chi connectivity index (χ4v) is 6.39. The fourth-order valence-electron chi connectivity index (χ4n) is 6.39. The Morgan fingerprint density at radius 2 is 1.71 bits per heavy atom. The molecule has 1 amide bonds. The molecule has 13 heteroatoms. The van der Waals surface area contributed by atoms with Crippen LogP contribution >= 0.6 is 0 Å². The lowest BCUT2D eigenvalue weighted by atomic mass is 10.00. The summed E-state index contributed by atoms with van der Waals surface area (Å²) < 4.78 is 1.47. The lowest BCUT2D eigenvalue weighted by Crippen LogP contribution is -2.28. The smallest absolute Gasteiger partial charge is 0.342 e. The van der Waals surface area contributed by atoms with Crippen molar-refractivity contribution in [3.05, 3.63) is 91.9 Å². The third kappa shape index (κ3) is 6.91. The number of carbonyl (C=O) groups is 2. The number of rotatable bonds is 10. The van der Waals surface area contributed by atoms with Crippen LogP contribution in [-0.2, 0) is 22.6 Å². The number of imidazole rings is 1. The molecule has 252 valence electrons. The van der Waals surface area contributed by atoms with Crippen LogP contribution in [0.25, 0.3) is 44.9 Å². The number of amides is 1. The summed E-state index contributed by atoms with van der Waals surface area (Å²) in [5, 5.41) is 23.7. The Balaban J connectivity index is 1.41. The largest absolute Gasteiger partial charge is 0.481 e. The molecule has 13 nitrogen and oxygen atoms in total. The van der Waals surface area contributed by atoms with Gasteiger partial charge in [0.05, 0.1) is 29.3 Å². The van der Waals surface area contributed by atoms with E-state index in [2.05, 4.69) is 26.3 Å². The van der Waals surface area contributed by atoms with Crippen molar-refractivity contribution in [1.29, 1.82) is 0 Å². The van der Waals surface area contributed by atoms with Gasteiger partial charge in [0.25, 0.3) is 0 Å². The maximum Gasteiger partial charge on any atom is 0.342 e. The van der Waals surface area contributed by atoms with Crippen LogP contribution in [-0.4, -0.2) is 57.9 Å². The van der Waals surface area contributed by atoms with Crippen molar-refractivity contribution in [1.82, 2.24) is 34.8 Å². The standard InChI is InChI=1S/C36H38N8O5/c1-19-12-25-15-30-21(3)26(6-8-34(45)37-10-11-43-23(5)38-18-35(43)44(48)49)32(41-30)17-33-27(7-9-36(46)47)22(4)31(42-33)16-29-20(2)13-24(40-29)14-28(19)39-25/h12-18,39,41H,6-11H2,1-5H3,(H,37,45)(H,46,47). The molecule has 0 unspecified atom stereocenters. The second-order valence-electron chi connectivity index (χ2n) is 12.5. The Bertz CT molecular complexity index is 2250. The number of carbonyl (C=O) groups excluding carboxylic acids is 1. The first-order valence-corrected chi connectivity index (χ1v) is 16.1. The molecule has 2 aliphatic heterocycles. The number of hydrogen-bond donors (Lipinski definition) is 4. The molecule has 6 rings (SSSR count). The van der Waals surface area contributed by atoms with Crippen LogP contribution in [0, 0.1) is 30.9 Å². The SMILES string of the molecule is CC1=Cc2cc3[nH]c(cc3C)cc3[nH]c(cc4nc(cc1n2)C(C)=C4CCC(=O)O)c(CCC(=O)NCCn1c([N+](=O)[O-])cnc1C)c3C. The van der Waals surface area contributed by atoms with Gasteiger partial charge in [-0.05, 0) is 115 Å². The minimum atomic E-state index is -0.887. The average molecular weight is 663 g/mol. The molecule has 0 aliphatic carbocycles. The Hall–Kier alpha value is -5.85. The van der Waals surface area contributed by atoms with Crippen molar-refractivity contribution in [3.63, 3.8) is 0 Å². The quantitative estimate of drug-likeness (QED) is 0.110. The summed E-state index contributed by atoms with van der Waals surface area (Å²) in [6.45, 7) is 10.2. The predicted molar refractivity (Wildman–Crippen MR) is 188 cm³/mol. The van der Waals surface area contributed by atoms with Gasteiger partial charge in [0.15, 0.2) is 5.82 Å². The van der Waals surface area contributed by atoms with Gasteiger partial charge in [-0.1, -0.05) is 0 Å². The van der Waals surface area contributed by atoms with Gasteiger partial charge in [-0.15, -0.1) is 0 Å². The molecule has 0 saturated heterocycles. The van der Waals surface area contributed by atoms with E-state index in [9.17, 15) is 24.8 Å². The molecule has 4 N–H and O–H groups in total. The maximum atomic E-state index is 13.0. The van der Waals surface area contributed by atoms with Gasteiger partial charge in [0, 0.05) is 41.8 Å². The number of carboxylic acid groups (broad SMARTS) is 1. The highest BCUT2D eigenvalue weighted by Crippen LogP contribution is 2.35. The number of H-pyrrole nitrogens is 2. The summed E-state index contributed by atoms with van der Waals surface area (Å²) in [4.78, 5) is 56.4. The van der Waals surface area contributed by atoms with E-state index in [1.54, 1.807) is 6.92 Å². The number of carboxylic acids is 1. The van der Waals surface area contributed by atoms with Crippen LogP contribution in [0.5, 0.6) is 0 Å². The molecule has 0 fully saturated rings. The Kier molecular flexibility index (Phi) is 9.00. The normalized spacial score (nSPS) is 12.7. The van der Waals surface area contributed by atoms with Crippen LogP contribution < -0.4 is 5.32 Å². The third-order valence-electron chi connectivity index (χ3n) is 9.15. The summed E-state index contributed by atoms with van der Waals surface area (Å²) >= 11 is 0. The van der Waals surface area contributed by atoms with Crippen LogP contribution in [0.3, 0.4) is 0 Å². The Morgan fingerprint density at radius 3 is 2.47 bits per heavy atom. The van der Waals surface area contributed by atoms with E-state index in [1.807, 2.05) is 58.0 Å². The minimum Gasteiger partial charge on any atom is -0.481 e. The van der Waals surface area contributed by atoms with Crippen molar-refractivity contribution in [2.45, 2.75) is 66.8 Å². The lowest BCUT2D eigenvalue weighted by Gasteiger charge is -2.06. The van der Waals surface area contributed by atoms with E-state index < -0.39 is 10.9 Å². The first-order chi connectivity index (χ1) is 23.4. The molecule has 0 atom stereocenters. The molecule has 0 radical (unpaired) electrons. The molecule has 4 aromatic heterocycles. The Morgan fingerprint density at radius 1 is 0.918 bits per heavy atom. The first-order valence-electron chi connectivity index (χ1n) is 16.1. The second kappa shape index (κ2) is 13.3.